The zero-order chi connectivity index (χ0) is 21.2. The summed E-state index contributed by atoms with van der Waals surface area (Å²) < 4.78 is 44.7. The van der Waals surface area contributed by atoms with Gasteiger partial charge in [-0.15, -0.1) is 0 Å². The Morgan fingerprint density at radius 2 is 1.93 bits per heavy atom. The lowest BCUT2D eigenvalue weighted by Crippen LogP contribution is -2.06. The van der Waals surface area contributed by atoms with Crippen molar-refractivity contribution in [3.8, 4) is 11.3 Å². The van der Waals surface area contributed by atoms with Gasteiger partial charge < -0.3 is 4.42 Å². The molecule has 10 heteroatoms. The van der Waals surface area contributed by atoms with Crippen LogP contribution < -0.4 is 5.43 Å². The Morgan fingerprint density at radius 3 is 2.59 bits per heavy atom. The summed E-state index contributed by atoms with van der Waals surface area (Å²) in [6.45, 7) is 1.96. The first kappa shape index (κ1) is 20.6. The van der Waals surface area contributed by atoms with Crippen molar-refractivity contribution in [3.05, 3.63) is 80.0 Å². The molecule has 3 aromatic rings. The van der Waals surface area contributed by atoms with Gasteiger partial charge in [-0.05, 0) is 48.9 Å². The van der Waals surface area contributed by atoms with E-state index >= 15 is 0 Å². The summed E-state index contributed by atoms with van der Waals surface area (Å²) in [5.41, 5.74) is 2.27. The molecule has 0 radical (unpaired) electrons. The van der Waals surface area contributed by atoms with Gasteiger partial charge in [0.1, 0.15) is 17.2 Å². The third-order valence-corrected chi connectivity index (χ3v) is 4.57. The highest BCUT2D eigenvalue weighted by atomic mass is 79.9. The molecule has 1 N–H and O–H groups in total. The number of rotatable bonds is 5. The van der Waals surface area contributed by atoms with Crippen molar-refractivity contribution in [2.75, 3.05) is 5.43 Å². The molecule has 0 aliphatic rings. The van der Waals surface area contributed by atoms with Crippen molar-refractivity contribution in [2.45, 2.75) is 13.1 Å². The molecule has 1 heterocycles. The number of benzene rings is 2. The van der Waals surface area contributed by atoms with Crippen LogP contribution in [-0.4, -0.2) is 11.1 Å². The van der Waals surface area contributed by atoms with Gasteiger partial charge in [-0.3, -0.25) is 15.5 Å². The third kappa shape index (κ3) is 4.83. The van der Waals surface area contributed by atoms with E-state index in [4.69, 9.17) is 4.42 Å². The number of nitrogens with zero attached hydrogens (tertiary/aromatic N) is 2. The van der Waals surface area contributed by atoms with Crippen molar-refractivity contribution >= 4 is 33.5 Å². The second kappa shape index (κ2) is 8.08. The first-order chi connectivity index (χ1) is 13.6. The number of nitro groups is 1. The van der Waals surface area contributed by atoms with E-state index in [1.807, 2.05) is 25.1 Å². The molecule has 29 heavy (non-hydrogen) atoms. The fourth-order valence-electron chi connectivity index (χ4n) is 2.51. The summed E-state index contributed by atoms with van der Waals surface area (Å²) >= 11 is 3.47. The molecule has 6 nitrogen and oxygen atoms in total. The minimum atomic E-state index is -4.68. The van der Waals surface area contributed by atoms with E-state index in [1.165, 1.54) is 6.21 Å². The van der Waals surface area contributed by atoms with Crippen LogP contribution in [0.3, 0.4) is 0 Å². The van der Waals surface area contributed by atoms with Gasteiger partial charge in [0.25, 0.3) is 5.69 Å². The number of furan rings is 1. The molecule has 0 atom stereocenters. The minimum Gasteiger partial charge on any atom is -0.455 e. The number of alkyl halides is 3. The molecule has 150 valence electrons. The maximum Gasteiger partial charge on any atom is 0.416 e. The highest BCUT2D eigenvalue weighted by molar-refractivity contribution is 9.10. The van der Waals surface area contributed by atoms with E-state index in [2.05, 4.69) is 26.5 Å². The van der Waals surface area contributed by atoms with E-state index in [-0.39, 0.29) is 5.69 Å². The lowest BCUT2D eigenvalue weighted by Gasteiger charge is -2.08. The zero-order valence-corrected chi connectivity index (χ0v) is 16.4. The Kier molecular flexibility index (Phi) is 5.73. The van der Waals surface area contributed by atoms with E-state index in [0.717, 1.165) is 27.7 Å². The van der Waals surface area contributed by atoms with Crippen molar-refractivity contribution in [2.24, 2.45) is 5.10 Å². The molecule has 2 aromatic carbocycles. The fraction of sp³-hybridized carbons (Fsp3) is 0.105. The van der Waals surface area contributed by atoms with E-state index < -0.39 is 22.4 Å². The molecule has 0 spiro atoms. The lowest BCUT2D eigenvalue weighted by molar-refractivity contribution is -0.384. The Labute approximate surface area is 171 Å². The van der Waals surface area contributed by atoms with Gasteiger partial charge in [0.05, 0.1) is 16.7 Å². The minimum absolute atomic E-state index is 0.174. The molecule has 0 aliphatic carbocycles. The number of hydrogen-bond acceptors (Lipinski definition) is 5. The summed E-state index contributed by atoms with van der Waals surface area (Å²) in [6, 6.07) is 11.3. The van der Waals surface area contributed by atoms with Crippen LogP contribution in [0.15, 0.2) is 62.5 Å². The van der Waals surface area contributed by atoms with E-state index in [9.17, 15) is 23.3 Å². The Bertz CT molecular complexity index is 1090. The van der Waals surface area contributed by atoms with Crippen LogP contribution in [-0.2, 0) is 6.18 Å². The maximum atomic E-state index is 12.7. The predicted molar refractivity (Wildman–Crippen MR) is 106 cm³/mol. The number of hydrogen-bond donors (Lipinski definition) is 1. The molecule has 3 rings (SSSR count). The second-order valence-corrected chi connectivity index (χ2v) is 6.90. The van der Waals surface area contributed by atoms with Crippen LogP contribution in [0.2, 0.25) is 0 Å². The van der Waals surface area contributed by atoms with Crippen molar-refractivity contribution in [3.63, 3.8) is 0 Å². The van der Waals surface area contributed by atoms with Crippen LogP contribution in [0.5, 0.6) is 0 Å². The van der Waals surface area contributed by atoms with Gasteiger partial charge >= 0.3 is 6.18 Å². The number of aryl methyl sites for hydroxylation is 1. The summed E-state index contributed by atoms with van der Waals surface area (Å²) in [4.78, 5) is 10.2. The van der Waals surface area contributed by atoms with E-state index in [0.29, 0.717) is 17.6 Å². The fourth-order valence-corrected chi connectivity index (χ4v) is 3.19. The molecule has 0 amide bonds. The SMILES string of the molecule is Cc1ccc(-c2ccc(/C=N/Nc3ccc(C(F)(F)F)cc3[N+](=O)[O-])o2)c(Br)c1. The van der Waals surface area contributed by atoms with Crippen LogP contribution in [0.4, 0.5) is 24.5 Å². The van der Waals surface area contributed by atoms with Crippen LogP contribution in [0.1, 0.15) is 16.9 Å². The van der Waals surface area contributed by atoms with Gasteiger partial charge in [-0.2, -0.15) is 18.3 Å². The molecule has 0 aliphatic heterocycles. The van der Waals surface area contributed by atoms with Crippen LogP contribution in [0.25, 0.3) is 11.3 Å². The van der Waals surface area contributed by atoms with Gasteiger partial charge in [0.15, 0.2) is 0 Å². The van der Waals surface area contributed by atoms with Crippen molar-refractivity contribution < 1.29 is 22.5 Å². The predicted octanol–water partition coefficient (Wildman–Crippen LogP) is 6.39. The lowest BCUT2D eigenvalue weighted by atomic mass is 10.1. The van der Waals surface area contributed by atoms with Gasteiger partial charge in [0.2, 0.25) is 0 Å². The monoisotopic (exact) mass is 467 g/mol. The van der Waals surface area contributed by atoms with Crippen LogP contribution >= 0.6 is 15.9 Å². The zero-order valence-electron chi connectivity index (χ0n) is 14.8. The standard InChI is InChI=1S/C19H13BrF3N3O3/c1-11-2-5-14(15(20)8-11)18-7-4-13(29-18)10-24-25-16-6-3-12(19(21,22)23)9-17(16)26(27)28/h2-10,25H,1H3/b24-10+. The summed E-state index contributed by atoms with van der Waals surface area (Å²) in [6.07, 6.45) is -3.41. The number of halogens is 4. The third-order valence-electron chi connectivity index (χ3n) is 3.92. The molecule has 0 saturated carbocycles. The average molecular weight is 468 g/mol. The number of nitrogens with one attached hydrogen (secondary N) is 1. The normalized spacial score (nSPS) is 11.8. The smallest absolute Gasteiger partial charge is 0.416 e. The first-order valence-electron chi connectivity index (χ1n) is 8.16. The Hall–Kier alpha value is -3.14. The second-order valence-electron chi connectivity index (χ2n) is 6.04. The largest absolute Gasteiger partial charge is 0.455 e. The quantitative estimate of drug-likeness (QED) is 0.267. The molecular formula is C19H13BrF3N3O3. The highest BCUT2D eigenvalue weighted by Crippen LogP contribution is 2.35. The van der Waals surface area contributed by atoms with Crippen molar-refractivity contribution in [1.82, 2.24) is 0 Å². The molecule has 1 aromatic heterocycles. The van der Waals surface area contributed by atoms with Crippen molar-refractivity contribution in [1.29, 1.82) is 0 Å². The van der Waals surface area contributed by atoms with E-state index in [1.54, 1.807) is 12.1 Å². The average Bonchev–Trinajstić information content (AvgIpc) is 3.09. The van der Waals surface area contributed by atoms with Gasteiger partial charge in [-0.25, -0.2) is 0 Å². The van der Waals surface area contributed by atoms with Gasteiger partial charge in [0, 0.05) is 16.1 Å². The number of anilines is 1. The maximum absolute atomic E-state index is 12.7. The topological polar surface area (TPSA) is 80.7 Å². The highest BCUT2D eigenvalue weighted by Gasteiger charge is 2.33. The Morgan fingerprint density at radius 1 is 1.17 bits per heavy atom. The molecule has 0 unspecified atom stereocenters. The molecule has 0 saturated heterocycles. The summed E-state index contributed by atoms with van der Waals surface area (Å²) in [7, 11) is 0. The first-order valence-corrected chi connectivity index (χ1v) is 8.95. The van der Waals surface area contributed by atoms with Crippen LogP contribution in [0, 0.1) is 17.0 Å². The summed E-state index contributed by atoms with van der Waals surface area (Å²) in [5.74, 6) is 0.938. The summed E-state index contributed by atoms with van der Waals surface area (Å²) in [5, 5.41) is 14.9. The number of nitro benzene ring substituents is 1. The molecular weight excluding hydrogens is 455 g/mol. The molecule has 0 fully saturated rings. The van der Waals surface area contributed by atoms with Gasteiger partial charge in [-0.1, -0.05) is 22.0 Å². The Balaban J connectivity index is 1.78. The number of hydrazone groups is 1. The molecule has 0 bridgehead atoms.